The molecule has 0 unspecified atom stereocenters. The molecule has 0 aliphatic rings. The van der Waals surface area contributed by atoms with E-state index in [9.17, 15) is 8.42 Å². The molecule has 2 rings (SSSR count). The summed E-state index contributed by atoms with van der Waals surface area (Å²) < 4.78 is 30.7. The molecular weight excluding hydrogens is 320 g/mol. The molecule has 0 bridgehead atoms. The van der Waals surface area contributed by atoms with Gasteiger partial charge in [0, 0.05) is 11.4 Å². The third-order valence-electron chi connectivity index (χ3n) is 3.31. The first-order valence-electron chi connectivity index (χ1n) is 6.80. The van der Waals surface area contributed by atoms with E-state index in [1.807, 2.05) is 38.1 Å². The van der Waals surface area contributed by atoms with Gasteiger partial charge in [0.15, 0.2) is 0 Å². The van der Waals surface area contributed by atoms with Crippen LogP contribution in [0.4, 0.5) is 0 Å². The van der Waals surface area contributed by atoms with Crippen LogP contribution in [-0.4, -0.2) is 31.1 Å². The Morgan fingerprint density at radius 3 is 2.27 bits per heavy atom. The molecule has 0 atom stereocenters. The fourth-order valence-electron chi connectivity index (χ4n) is 2.11. The number of ether oxygens (including phenoxy) is 1. The minimum Gasteiger partial charge on any atom is -0.497 e. The molecule has 0 aliphatic heterocycles. The molecule has 1 heterocycles. The summed E-state index contributed by atoms with van der Waals surface area (Å²) >= 11 is 1.54. The first kappa shape index (κ1) is 16.9. The standard InChI is InChI=1S/C15H20N2O3S2/c1-11-15(21-12(2)16-11)10-17(22(4,18)19)9-13-5-7-14(20-3)8-6-13/h5-8H,9-10H2,1-4H3. The maximum atomic E-state index is 12.1. The van der Waals surface area contributed by atoms with Crippen molar-refractivity contribution in [2.24, 2.45) is 0 Å². The first-order chi connectivity index (χ1) is 10.3. The summed E-state index contributed by atoms with van der Waals surface area (Å²) in [6.07, 6.45) is 1.24. The number of rotatable bonds is 6. The molecule has 0 saturated carbocycles. The van der Waals surface area contributed by atoms with Crippen LogP contribution in [0, 0.1) is 13.8 Å². The molecule has 0 spiro atoms. The van der Waals surface area contributed by atoms with Crippen LogP contribution >= 0.6 is 11.3 Å². The lowest BCUT2D eigenvalue weighted by Gasteiger charge is -2.19. The molecule has 0 saturated heterocycles. The van der Waals surface area contributed by atoms with Gasteiger partial charge in [-0.3, -0.25) is 0 Å². The molecule has 7 heteroatoms. The van der Waals surface area contributed by atoms with E-state index in [0.29, 0.717) is 13.1 Å². The molecule has 0 amide bonds. The molecule has 120 valence electrons. The van der Waals surface area contributed by atoms with Crippen LogP contribution in [0.3, 0.4) is 0 Å². The average molecular weight is 340 g/mol. The number of sulfonamides is 1. The number of hydrogen-bond donors (Lipinski definition) is 0. The van der Waals surface area contributed by atoms with Crippen molar-refractivity contribution in [3.8, 4) is 5.75 Å². The number of aryl methyl sites for hydroxylation is 2. The predicted octanol–water partition coefficient (Wildman–Crippen LogP) is 2.73. The maximum Gasteiger partial charge on any atom is 0.211 e. The fraction of sp³-hybridized carbons (Fsp3) is 0.400. The normalized spacial score (nSPS) is 11.9. The zero-order valence-electron chi connectivity index (χ0n) is 13.2. The minimum atomic E-state index is -3.30. The lowest BCUT2D eigenvalue weighted by atomic mass is 10.2. The van der Waals surface area contributed by atoms with Crippen molar-refractivity contribution in [2.75, 3.05) is 13.4 Å². The SMILES string of the molecule is COc1ccc(CN(Cc2sc(C)nc2C)S(C)(=O)=O)cc1. The van der Waals surface area contributed by atoms with Gasteiger partial charge in [0.1, 0.15) is 5.75 Å². The Morgan fingerprint density at radius 2 is 1.82 bits per heavy atom. The number of benzene rings is 1. The maximum absolute atomic E-state index is 12.1. The summed E-state index contributed by atoms with van der Waals surface area (Å²) in [5, 5.41) is 0.949. The zero-order chi connectivity index (χ0) is 16.3. The van der Waals surface area contributed by atoms with E-state index in [0.717, 1.165) is 26.9 Å². The predicted molar refractivity (Wildman–Crippen MR) is 88.7 cm³/mol. The Balaban J connectivity index is 2.21. The van der Waals surface area contributed by atoms with Crippen molar-refractivity contribution in [3.05, 3.63) is 45.4 Å². The van der Waals surface area contributed by atoms with Gasteiger partial charge in [0.25, 0.3) is 0 Å². The number of methoxy groups -OCH3 is 1. The summed E-state index contributed by atoms with van der Waals surface area (Å²) in [5.74, 6) is 0.753. The van der Waals surface area contributed by atoms with E-state index in [-0.39, 0.29) is 0 Å². The molecule has 1 aromatic carbocycles. The molecule has 22 heavy (non-hydrogen) atoms. The van der Waals surface area contributed by atoms with Gasteiger partial charge in [-0.25, -0.2) is 13.4 Å². The molecule has 2 aromatic rings. The van der Waals surface area contributed by atoms with Gasteiger partial charge in [-0.1, -0.05) is 12.1 Å². The molecule has 5 nitrogen and oxygen atoms in total. The largest absolute Gasteiger partial charge is 0.497 e. The van der Waals surface area contributed by atoms with E-state index in [1.54, 1.807) is 7.11 Å². The summed E-state index contributed by atoms with van der Waals surface area (Å²) in [4.78, 5) is 5.34. The summed E-state index contributed by atoms with van der Waals surface area (Å²) in [5.41, 5.74) is 1.82. The van der Waals surface area contributed by atoms with Crippen molar-refractivity contribution in [2.45, 2.75) is 26.9 Å². The van der Waals surface area contributed by atoms with Gasteiger partial charge in [-0.05, 0) is 31.5 Å². The second-order valence-electron chi connectivity index (χ2n) is 5.12. The molecule has 0 fully saturated rings. The smallest absolute Gasteiger partial charge is 0.211 e. The number of aromatic nitrogens is 1. The van der Waals surface area contributed by atoms with Crippen molar-refractivity contribution in [1.29, 1.82) is 0 Å². The van der Waals surface area contributed by atoms with Crippen molar-refractivity contribution < 1.29 is 13.2 Å². The summed E-state index contributed by atoms with van der Waals surface area (Å²) in [6, 6.07) is 7.42. The van der Waals surface area contributed by atoms with Gasteiger partial charge in [-0.2, -0.15) is 4.31 Å². The highest BCUT2D eigenvalue weighted by Crippen LogP contribution is 2.22. The molecule has 1 aromatic heterocycles. The topological polar surface area (TPSA) is 59.5 Å². The van der Waals surface area contributed by atoms with Crippen LogP contribution in [0.1, 0.15) is 21.1 Å². The van der Waals surface area contributed by atoms with Gasteiger partial charge in [0.2, 0.25) is 10.0 Å². The van der Waals surface area contributed by atoms with Crippen LogP contribution in [0.25, 0.3) is 0 Å². The number of nitrogens with zero attached hydrogens (tertiary/aromatic N) is 2. The lowest BCUT2D eigenvalue weighted by molar-refractivity contribution is 0.404. The first-order valence-corrected chi connectivity index (χ1v) is 9.47. The molecule has 0 radical (unpaired) electrons. The number of thiazole rings is 1. The van der Waals surface area contributed by atoms with Crippen LogP contribution in [0.15, 0.2) is 24.3 Å². The van der Waals surface area contributed by atoms with Crippen molar-refractivity contribution >= 4 is 21.4 Å². The summed E-state index contributed by atoms with van der Waals surface area (Å²) in [7, 11) is -1.70. The quantitative estimate of drug-likeness (QED) is 0.811. The number of hydrogen-bond acceptors (Lipinski definition) is 5. The van der Waals surface area contributed by atoms with Gasteiger partial charge in [0.05, 0.1) is 30.6 Å². The summed E-state index contributed by atoms with van der Waals surface area (Å²) in [6.45, 7) is 4.52. The highest BCUT2D eigenvalue weighted by atomic mass is 32.2. The molecule has 0 N–H and O–H groups in total. The Morgan fingerprint density at radius 1 is 1.18 bits per heavy atom. The van der Waals surface area contributed by atoms with E-state index in [1.165, 1.54) is 21.9 Å². The van der Waals surface area contributed by atoms with Gasteiger partial charge >= 0.3 is 0 Å². The minimum absolute atomic E-state index is 0.333. The highest BCUT2D eigenvalue weighted by molar-refractivity contribution is 7.88. The third kappa shape index (κ3) is 4.28. The average Bonchev–Trinajstić information content (AvgIpc) is 2.76. The highest BCUT2D eigenvalue weighted by Gasteiger charge is 2.20. The van der Waals surface area contributed by atoms with Gasteiger partial charge in [-0.15, -0.1) is 11.3 Å². The van der Waals surface area contributed by atoms with Crippen LogP contribution in [-0.2, 0) is 23.1 Å². The van der Waals surface area contributed by atoms with Crippen LogP contribution in [0.5, 0.6) is 5.75 Å². The lowest BCUT2D eigenvalue weighted by Crippen LogP contribution is -2.29. The van der Waals surface area contributed by atoms with E-state index >= 15 is 0 Å². The molecular formula is C15H20N2O3S2. The Hall–Kier alpha value is -1.44. The van der Waals surface area contributed by atoms with Gasteiger partial charge < -0.3 is 4.74 Å². The fourth-order valence-corrected chi connectivity index (χ4v) is 3.89. The van der Waals surface area contributed by atoms with E-state index < -0.39 is 10.0 Å². The monoisotopic (exact) mass is 340 g/mol. The molecule has 0 aliphatic carbocycles. The van der Waals surface area contributed by atoms with Crippen molar-refractivity contribution in [1.82, 2.24) is 9.29 Å². The van der Waals surface area contributed by atoms with E-state index in [4.69, 9.17) is 4.74 Å². The second-order valence-corrected chi connectivity index (χ2v) is 8.39. The zero-order valence-corrected chi connectivity index (χ0v) is 14.8. The van der Waals surface area contributed by atoms with Crippen LogP contribution in [0.2, 0.25) is 0 Å². The van der Waals surface area contributed by atoms with Crippen LogP contribution < -0.4 is 4.74 Å². The Kier molecular flexibility index (Phi) is 5.20. The third-order valence-corrected chi connectivity index (χ3v) is 5.56. The second kappa shape index (κ2) is 6.76. The Bertz CT molecular complexity index is 737. The Labute approximate surface area is 135 Å². The van der Waals surface area contributed by atoms with E-state index in [2.05, 4.69) is 4.98 Å². The van der Waals surface area contributed by atoms with Crippen molar-refractivity contribution in [3.63, 3.8) is 0 Å².